The van der Waals surface area contributed by atoms with Gasteiger partial charge in [0.2, 0.25) is 0 Å². The summed E-state index contributed by atoms with van der Waals surface area (Å²) in [5.41, 5.74) is 1.38. The molecule has 3 aromatic rings. The second-order valence-electron chi connectivity index (χ2n) is 9.34. The van der Waals surface area contributed by atoms with Crippen molar-refractivity contribution in [3.05, 3.63) is 54.1 Å². The number of amides is 1. The van der Waals surface area contributed by atoms with Gasteiger partial charge in [-0.05, 0) is 56.4 Å². The number of esters is 1. The molecule has 1 aromatic carbocycles. The number of carbonyl (C=O) groups excluding carboxylic acids is 2. The Morgan fingerprint density at radius 1 is 1.12 bits per heavy atom. The Bertz CT molecular complexity index is 1170. The number of nitrogens with zero attached hydrogens (tertiary/aromatic N) is 2. The summed E-state index contributed by atoms with van der Waals surface area (Å²) < 4.78 is 24.9. The molecule has 0 saturated carbocycles. The maximum Gasteiger partial charge on any atom is 0.410 e. The highest BCUT2D eigenvalue weighted by Crippen LogP contribution is 2.39. The summed E-state index contributed by atoms with van der Waals surface area (Å²) in [6.07, 6.45) is 3.38. The molecule has 1 fully saturated rings. The van der Waals surface area contributed by atoms with Crippen molar-refractivity contribution in [2.75, 3.05) is 20.2 Å². The number of H-pyrrole nitrogens is 1. The standard InChI is InChI=1S/C25H28FN3O4/c1-24(2,3)33-23(31)29-13-10-25(11-14-29,22(30)32-4)17-7-5-16(6-8-17)18-9-12-27-21-20(18)19(26)15-28-21/h5-9,12,15H,10-11,13-14H2,1-4H3,(H,27,28). The monoisotopic (exact) mass is 453 g/mol. The molecular weight excluding hydrogens is 425 g/mol. The Morgan fingerprint density at radius 3 is 2.39 bits per heavy atom. The first kappa shape index (κ1) is 22.8. The largest absolute Gasteiger partial charge is 0.468 e. The van der Waals surface area contributed by atoms with Crippen molar-refractivity contribution in [1.82, 2.24) is 14.9 Å². The molecule has 2 aromatic heterocycles. The molecule has 8 heteroatoms. The van der Waals surface area contributed by atoms with E-state index in [0.717, 1.165) is 16.7 Å². The molecule has 1 N–H and O–H groups in total. The van der Waals surface area contributed by atoms with E-state index < -0.39 is 11.0 Å². The van der Waals surface area contributed by atoms with Crippen molar-refractivity contribution < 1.29 is 23.5 Å². The number of ether oxygens (including phenoxy) is 2. The van der Waals surface area contributed by atoms with Crippen LogP contribution in [0.15, 0.2) is 42.7 Å². The number of hydrogen-bond acceptors (Lipinski definition) is 5. The highest BCUT2D eigenvalue weighted by atomic mass is 19.1. The predicted molar refractivity (Wildman–Crippen MR) is 122 cm³/mol. The van der Waals surface area contributed by atoms with Crippen LogP contribution < -0.4 is 0 Å². The number of nitrogens with one attached hydrogen (secondary N) is 1. The number of rotatable bonds is 3. The summed E-state index contributed by atoms with van der Waals surface area (Å²) in [5, 5.41) is 0.429. The minimum absolute atomic E-state index is 0.331. The van der Waals surface area contributed by atoms with Gasteiger partial charge in [0.15, 0.2) is 5.82 Å². The third-order valence-electron chi connectivity index (χ3n) is 6.12. The van der Waals surface area contributed by atoms with E-state index in [-0.39, 0.29) is 17.9 Å². The molecule has 174 valence electrons. The molecule has 3 heterocycles. The molecule has 0 radical (unpaired) electrons. The van der Waals surface area contributed by atoms with Crippen LogP contribution in [0.1, 0.15) is 39.2 Å². The van der Waals surface area contributed by atoms with Crippen LogP contribution in [-0.2, 0) is 19.7 Å². The average molecular weight is 454 g/mol. The van der Waals surface area contributed by atoms with Crippen LogP contribution in [0.2, 0.25) is 0 Å². The summed E-state index contributed by atoms with van der Waals surface area (Å²) >= 11 is 0. The molecule has 7 nitrogen and oxygen atoms in total. The lowest BCUT2D eigenvalue weighted by atomic mass is 9.72. The predicted octanol–water partition coefficient (Wildman–Crippen LogP) is 4.81. The van der Waals surface area contributed by atoms with E-state index in [1.165, 1.54) is 13.3 Å². The first-order valence-electron chi connectivity index (χ1n) is 10.9. The Kier molecular flexibility index (Phi) is 5.86. The van der Waals surface area contributed by atoms with Crippen LogP contribution >= 0.6 is 0 Å². The van der Waals surface area contributed by atoms with Gasteiger partial charge in [-0.15, -0.1) is 0 Å². The SMILES string of the molecule is COC(=O)C1(c2ccc(-c3ccnc4[nH]cc(F)c34)cc2)CCN(C(=O)OC(C)(C)C)CC1. The van der Waals surface area contributed by atoms with Gasteiger partial charge in [0, 0.05) is 25.5 Å². The number of carbonyl (C=O) groups is 2. The van der Waals surface area contributed by atoms with Crippen LogP contribution in [0, 0.1) is 5.82 Å². The third-order valence-corrected chi connectivity index (χ3v) is 6.12. The van der Waals surface area contributed by atoms with Crippen LogP contribution in [-0.4, -0.2) is 52.7 Å². The van der Waals surface area contributed by atoms with Gasteiger partial charge in [-0.25, -0.2) is 14.2 Å². The van der Waals surface area contributed by atoms with E-state index in [1.807, 2.05) is 45.0 Å². The van der Waals surface area contributed by atoms with Crippen molar-refractivity contribution in [3.8, 4) is 11.1 Å². The molecule has 4 rings (SSSR count). The Hall–Kier alpha value is -3.42. The molecule has 1 aliphatic rings. The first-order valence-corrected chi connectivity index (χ1v) is 10.9. The molecular formula is C25H28FN3O4. The number of pyridine rings is 1. The van der Waals surface area contributed by atoms with Gasteiger partial charge in [0.1, 0.15) is 11.2 Å². The quantitative estimate of drug-likeness (QED) is 0.576. The molecule has 0 atom stereocenters. The van der Waals surface area contributed by atoms with E-state index >= 15 is 0 Å². The number of halogens is 1. The second kappa shape index (κ2) is 8.50. The van der Waals surface area contributed by atoms with Gasteiger partial charge in [-0.2, -0.15) is 0 Å². The average Bonchev–Trinajstić information content (AvgIpc) is 3.18. The molecule has 1 saturated heterocycles. The fraction of sp³-hybridized carbons (Fsp3) is 0.400. The molecule has 0 spiro atoms. The fourth-order valence-electron chi connectivity index (χ4n) is 4.43. The topological polar surface area (TPSA) is 84.5 Å². The van der Waals surface area contributed by atoms with E-state index in [4.69, 9.17) is 9.47 Å². The van der Waals surface area contributed by atoms with Crippen molar-refractivity contribution in [2.24, 2.45) is 0 Å². The number of aromatic amines is 1. The third kappa shape index (κ3) is 4.29. The number of likely N-dealkylation sites (tertiary alicyclic amines) is 1. The van der Waals surface area contributed by atoms with Gasteiger partial charge in [0.25, 0.3) is 0 Å². The van der Waals surface area contributed by atoms with Crippen LogP contribution in [0.25, 0.3) is 22.2 Å². The molecule has 1 amide bonds. The van der Waals surface area contributed by atoms with E-state index in [1.54, 1.807) is 17.2 Å². The Balaban J connectivity index is 1.61. The summed E-state index contributed by atoms with van der Waals surface area (Å²) in [4.78, 5) is 34.0. The van der Waals surface area contributed by atoms with Gasteiger partial charge in [-0.1, -0.05) is 24.3 Å². The molecule has 0 unspecified atom stereocenters. The first-order chi connectivity index (χ1) is 15.6. The van der Waals surface area contributed by atoms with Gasteiger partial charge in [0.05, 0.1) is 17.9 Å². The number of fused-ring (bicyclic) bond motifs is 1. The maximum absolute atomic E-state index is 14.3. The smallest absolute Gasteiger partial charge is 0.410 e. The molecule has 0 bridgehead atoms. The number of methoxy groups -OCH3 is 1. The number of piperidine rings is 1. The fourth-order valence-corrected chi connectivity index (χ4v) is 4.43. The van der Waals surface area contributed by atoms with E-state index in [9.17, 15) is 14.0 Å². The number of aromatic nitrogens is 2. The minimum Gasteiger partial charge on any atom is -0.468 e. The van der Waals surface area contributed by atoms with E-state index in [0.29, 0.717) is 37.0 Å². The van der Waals surface area contributed by atoms with Crippen molar-refractivity contribution in [2.45, 2.75) is 44.6 Å². The second-order valence-corrected chi connectivity index (χ2v) is 9.34. The van der Waals surface area contributed by atoms with Gasteiger partial charge >= 0.3 is 12.1 Å². The highest BCUT2D eigenvalue weighted by molar-refractivity contribution is 5.93. The maximum atomic E-state index is 14.3. The molecule has 0 aliphatic carbocycles. The van der Waals surface area contributed by atoms with Crippen molar-refractivity contribution in [3.63, 3.8) is 0 Å². The van der Waals surface area contributed by atoms with Gasteiger partial charge in [-0.3, -0.25) is 4.79 Å². The van der Waals surface area contributed by atoms with Crippen LogP contribution in [0.5, 0.6) is 0 Å². The molecule has 33 heavy (non-hydrogen) atoms. The lowest BCUT2D eigenvalue weighted by Crippen LogP contribution is -2.50. The lowest BCUT2D eigenvalue weighted by molar-refractivity contribution is -0.149. The summed E-state index contributed by atoms with van der Waals surface area (Å²) in [6, 6.07) is 9.28. The summed E-state index contributed by atoms with van der Waals surface area (Å²) in [6.45, 7) is 6.23. The highest BCUT2D eigenvalue weighted by Gasteiger charge is 2.45. The zero-order valence-electron chi connectivity index (χ0n) is 19.3. The minimum atomic E-state index is -0.862. The van der Waals surface area contributed by atoms with Crippen LogP contribution in [0.4, 0.5) is 9.18 Å². The van der Waals surface area contributed by atoms with Crippen LogP contribution in [0.3, 0.4) is 0 Å². The van der Waals surface area contributed by atoms with Gasteiger partial charge < -0.3 is 19.4 Å². The molecule has 1 aliphatic heterocycles. The Morgan fingerprint density at radius 2 is 1.79 bits per heavy atom. The normalized spacial score (nSPS) is 16.0. The summed E-state index contributed by atoms with van der Waals surface area (Å²) in [5.74, 6) is -0.695. The van der Waals surface area contributed by atoms with E-state index in [2.05, 4.69) is 9.97 Å². The lowest BCUT2D eigenvalue weighted by Gasteiger charge is -2.40. The van der Waals surface area contributed by atoms with Crippen molar-refractivity contribution >= 4 is 23.1 Å². The Labute approximate surface area is 191 Å². The zero-order chi connectivity index (χ0) is 23.8. The number of hydrogen-bond donors (Lipinski definition) is 1. The zero-order valence-corrected chi connectivity index (χ0v) is 19.3. The van der Waals surface area contributed by atoms with Crippen molar-refractivity contribution in [1.29, 1.82) is 0 Å². The summed E-state index contributed by atoms with van der Waals surface area (Å²) in [7, 11) is 1.38. The number of benzene rings is 1.